The van der Waals surface area contributed by atoms with Crippen LogP contribution in [0.2, 0.25) is 0 Å². The fraction of sp³-hybridized carbons (Fsp3) is 0.231. The molecule has 0 aromatic carbocycles. The van der Waals surface area contributed by atoms with Crippen LogP contribution in [0.1, 0.15) is 14.6 Å². The zero-order valence-electron chi connectivity index (χ0n) is 9.43. The molecule has 2 N–H and O–H groups in total. The summed E-state index contributed by atoms with van der Waals surface area (Å²) in [7, 11) is 0. The van der Waals surface area contributed by atoms with Crippen LogP contribution in [0.3, 0.4) is 0 Å². The molecular weight excluding hydrogens is 250 g/mol. The summed E-state index contributed by atoms with van der Waals surface area (Å²) in [6, 6.07) is 8.43. The fourth-order valence-electron chi connectivity index (χ4n) is 1.42. The van der Waals surface area contributed by atoms with Crippen molar-refractivity contribution in [2.24, 2.45) is 0 Å². The number of nitrogens with one attached hydrogen (secondary N) is 1. The first kappa shape index (κ1) is 12.5. The van der Waals surface area contributed by atoms with Gasteiger partial charge in [0, 0.05) is 27.7 Å². The van der Waals surface area contributed by atoms with Crippen molar-refractivity contribution in [3.63, 3.8) is 0 Å². The number of aliphatic hydroxyl groups is 1. The second-order valence-electron chi connectivity index (χ2n) is 3.55. The molecule has 17 heavy (non-hydrogen) atoms. The lowest BCUT2D eigenvalue weighted by atomic mass is 10.3. The maximum Gasteiger partial charge on any atom is 0.0556 e. The number of aliphatic hydroxyl groups excluding tert-OH is 1. The zero-order chi connectivity index (χ0) is 11.9. The van der Waals surface area contributed by atoms with E-state index in [0.29, 0.717) is 6.54 Å². The second kappa shape index (κ2) is 6.71. The van der Waals surface area contributed by atoms with Gasteiger partial charge < -0.3 is 10.4 Å². The maximum absolute atomic E-state index is 8.67. The third kappa shape index (κ3) is 4.09. The van der Waals surface area contributed by atoms with Crippen LogP contribution in [0.5, 0.6) is 0 Å². The Balaban J connectivity index is 1.89. The summed E-state index contributed by atoms with van der Waals surface area (Å²) in [5, 5.41) is 13.9. The van der Waals surface area contributed by atoms with Crippen LogP contribution in [-0.2, 0) is 6.54 Å². The van der Waals surface area contributed by atoms with Crippen molar-refractivity contribution in [3.05, 3.63) is 44.3 Å². The van der Waals surface area contributed by atoms with E-state index >= 15 is 0 Å². The van der Waals surface area contributed by atoms with Gasteiger partial charge in [-0.1, -0.05) is 6.07 Å². The topological polar surface area (TPSA) is 32.3 Å². The van der Waals surface area contributed by atoms with Gasteiger partial charge in [0.15, 0.2) is 0 Å². The molecule has 0 unspecified atom stereocenters. The summed E-state index contributed by atoms with van der Waals surface area (Å²) < 4.78 is 0. The quantitative estimate of drug-likeness (QED) is 0.787. The number of hydrogen-bond donors (Lipinski definition) is 2. The largest absolute Gasteiger partial charge is 0.395 e. The number of hydrogen-bond acceptors (Lipinski definition) is 4. The van der Waals surface area contributed by atoms with Gasteiger partial charge in [0.1, 0.15) is 0 Å². The molecule has 0 radical (unpaired) electrons. The standard InChI is InChI=1S/C13H15NOS2/c15-8-7-14-10-13-6-5-12(17-13)4-3-11-2-1-9-16-11/h1-6,9,14-15H,7-8,10H2/b4-3+. The Morgan fingerprint density at radius 3 is 2.82 bits per heavy atom. The van der Waals surface area contributed by atoms with Gasteiger partial charge in [-0.15, -0.1) is 22.7 Å². The molecule has 0 fully saturated rings. The van der Waals surface area contributed by atoms with Gasteiger partial charge in [0.05, 0.1) is 6.61 Å². The Hall–Kier alpha value is -0.940. The van der Waals surface area contributed by atoms with Crippen LogP contribution < -0.4 is 5.32 Å². The second-order valence-corrected chi connectivity index (χ2v) is 5.73. The van der Waals surface area contributed by atoms with Crippen LogP contribution >= 0.6 is 22.7 Å². The first-order chi connectivity index (χ1) is 8.38. The summed E-state index contributed by atoms with van der Waals surface area (Å²) >= 11 is 3.52. The Kier molecular flexibility index (Phi) is 4.94. The molecule has 0 saturated carbocycles. The summed E-state index contributed by atoms with van der Waals surface area (Å²) in [5.41, 5.74) is 0. The summed E-state index contributed by atoms with van der Waals surface area (Å²) in [6.45, 7) is 1.67. The predicted molar refractivity (Wildman–Crippen MR) is 76.4 cm³/mol. The Morgan fingerprint density at radius 1 is 1.18 bits per heavy atom. The van der Waals surface area contributed by atoms with Gasteiger partial charge in [-0.25, -0.2) is 0 Å². The highest BCUT2D eigenvalue weighted by Gasteiger charge is 1.97. The van der Waals surface area contributed by atoms with Crippen LogP contribution in [0, 0.1) is 0 Å². The molecule has 4 heteroatoms. The van der Waals surface area contributed by atoms with Crippen molar-refractivity contribution < 1.29 is 5.11 Å². The first-order valence-corrected chi connectivity index (χ1v) is 7.20. The third-order valence-corrected chi connectivity index (χ3v) is 4.11. The molecule has 90 valence electrons. The molecule has 0 bridgehead atoms. The molecule has 0 aliphatic rings. The maximum atomic E-state index is 8.67. The molecule has 0 atom stereocenters. The monoisotopic (exact) mass is 265 g/mol. The van der Waals surface area contributed by atoms with Crippen molar-refractivity contribution in [1.82, 2.24) is 5.32 Å². The SMILES string of the molecule is OCCNCc1ccc(/C=C/c2cccs2)s1. The molecule has 0 aliphatic heterocycles. The molecule has 0 amide bonds. The van der Waals surface area contributed by atoms with E-state index in [4.69, 9.17) is 5.11 Å². The smallest absolute Gasteiger partial charge is 0.0556 e. The summed E-state index contributed by atoms with van der Waals surface area (Å²) in [4.78, 5) is 3.84. The van der Waals surface area contributed by atoms with Gasteiger partial charge in [0.25, 0.3) is 0 Å². The van der Waals surface area contributed by atoms with Gasteiger partial charge >= 0.3 is 0 Å². The summed E-state index contributed by atoms with van der Waals surface area (Å²) in [6.07, 6.45) is 4.29. The van der Waals surface area contributed by atoms with E-state index in [1.54, 1.807) is 22.7 Å². The normalized spacial score (nSPS) is 11.4. The first-order valence-electron chi connectivity index (χ1n) is 5.50. The van der Waals surface area contributed by atoms with Crippen molar-refractivity contribution in [2.75, 3.05) is 13.2 Å². The molecule has 2 rings (SSSR count). The lowest BCUT2D eigenvalue weighted by molar-refractivity contribution is 0.292. The molecule has 2 nitrogen and oxygen atoms in total. The van der Waals surface area contributed by atoms with Crippen LogP contribution in [0.15, 0.2) is 29.6 Å². The highest BCUT2D eigenvalue weighted by atomic mass is 32.1. The van der Waals surface area contributed by atoms with Crippen LogP contribution in [-0.4, -0.2) is 18.3 Å². The van der Waals surface area contributed by atoms with E-state index in [2.05, 4.69) is 47.1 Å². The minimum absolute atomic E-state index is 0.191. The van der Waals surface area contributed by atoms with Crippen LogP contribution in [0.25, 0.3) is 12.2 Å². The Morgan fingerprint density at radius 2 is 2.06 bits per heavy atom. The Bertz CT molecular complexity index is 459. The van der Waals surface area contributed by atoms with Crippen molar-refractivity contribution in [1.29, 1.82) is 0 Å². The van der Waals surface area contributed by atoms with Gasteiger partial charge in [-0.3, -0.25) is 0 Å². The number of thiophene rings is 2. The van der Waals surface area contributed by atoms with Crippen molar-refractivity contribution in [3.8, 4) is 0 Å². The van der Waals surface area contributed by atoms with E-state index in [1.165, 1.54) is 14.6 Å². The molecule has 2 heterocycles. The molecular formula is C13H15NOS2. The Labute approximate surface area is 109 Å². The molecule has 2 aromatic rings. The van der Waals surface area contributed by atoms with Crippen molar-refractivity contribution in [2.45, 2.75) is 6.54 Å². The summed E-state index contributed by atoms with van der Waals surface area (Å²) in [5.74, 6) is 0. The average Bonchev–Trinajstić information content (AvgIpc) is 2.98. The molecule has 2 aromatic heterocycles. The van der Waals surface area contributed by atoms with E-state index in [0.717, 1.165) is 6.54 Å². The van der Waals surface area contributed by atoms with E-state index in [-0.39, 0.29) is 6.61 Å². The molecule has 0 spiro atoms. The average molecular weight is 265 g/mol. The molecule has 0 saturated heterocycles. The fourth-order valence-corrected chi connectivity index (χ4v) is 2.92. The lowest BCUT2D eigenvalue weighted by Crippen LogP contribution is -2.16. The highest BCUT2D eigenvalue weighted by molar-refractivity contribution is 7.13. The van der Waals surface area contributed by atoms with Gasteiger partial charge in [-0.05, 0) is 35.7 Å². The zero-order valence-corrected chi connectivity index (χ0v) is 11.1. The van der Waals surface area contributed by atoms with E-state index in [1.807, 2.05) is 0 Å². The van der Waals surface area contributed by atoms with Crippen molar-refractivity contribution >= 4 is 34.8 Å². The highest BCUT2D eigenvalue weighted by Crippen LogP contribution is 2.20. The third-order valence-electron chi connectivity index (χ3n) is 2.23. The molecule has 0 aliphatic carbocycles. The van der Waals surface area contributed by atoms with Crippen LogP contribution in [0.4, 0.5) is 0 Å². The van der Waals surface area contributed by atoms with E-state index < -0.39 is 0 Å². The minimum atomic E-state index is 0.191. The van der Waals surface area contributed by atoms with Gasteiger partial charge in [0.2, 0.25) is 0 Å². The minimum Gasteiger partial charge on any atom is -0.395 e. The predicted octanol–water partition coefficient (Wildman–Crippen LogP) is 3.06. The number of rotatable bonds is 6. The lowest BCUT2D eigenvalue weighted by Gasteiger charge is -1.97. The van der Waals surface area contributed by atoms with E-state index in [9.17, 15) is 0 Å². The van der Waals surface area contributed by atoms with Gasteiger partial charge in [-0.2, -0.15) is 0 Å².